The summed E-state index contributed by atoms with van der Waals surface area (Å²) in [5.74, 6) is -0.184. The van der Waals surface area contributed by atoms with Gasteiger partial charge in [0.15, 0.2) is 0 Å². The lowest BCUT2D eigenvalue weighted by Crippen LogP contribution is -2.44. The van der Waals surface area contributed by atoms with Gasteiger partial charge in [-0.15, -0.1) is 11.3 Å². The summed E-state index contributed by atoms with van der Waals surface area (Å²) in [5, 5.41) is 14.8. The Morgan fingerprint density at radius 1 is 1.47 bits per heavy atom. The molecule has 94 valence electrons. The van der Waals surface area contributed by atoms with Gasteiger partial charge in [-0.25, -0.2) is 0 Å². The summed E-state index contributed by atoms with van der Waals surface area (Å²) in [6.07, 6.45) is 4.79. The van der Waals surface area contributed by atoms with Crippen molar-refractivity contribution in [3.8, 4) is 0 Å². The maximum Gasteiger partial charge on any atom is 0.263 e. The molecular formula is C12H18N2O2S. The smallest absolute Gasteiger partial charge is 0.263 e. The van der Waals surface area contributed by atoms with Gasteiger partial charge in [-0.1, -0.05) is 19.3 Å². The average Bonchev–Trinajstić information content (AvgIpc) is 2.74. The lowest BCUT2D eigenvalue weighted by Gasteiger charge is -2.32. The number of aliphatic hydroxyl groups is 1. The predicted octanol–water partition coefficient (Wildman–Crippen LogP) is 1.76. The number of hydrogen-bond acceptors (Lipinski definition) is 4. The Balaban J connectivity index is 1.90. The number of hydrogen-bond donors (Lipinski definition) is 3. The Morgan fingerprint density at radius 3 is 2.76 bits per heavy atom. The fourth-order valence-corrected chi connectivity index (χ4v) is 2.95. The molecule has 17 heavy (non-hydrogen) atoms. The number of amides is 1. The Hall–Kier alpha value is -1.07. The SMILES string of the molecule is Nc1ccsc1C(=O)NCC1(O)CCCCC1. The van der Waals surface area contributed by atoms with E-state index >= 15 is 0 Å². The van der Waals surface area contributed by atoms with Crippen LogP contribution >= 0.6 is 11.3 Å². The second kappa shape index (κ2) is 5.06. The summed E-state index contributed by atoms with van der Waals surface area (Å²) in [5.41, 5.74) is 5.45. The van der Waals surface area contributed by atoms with Crippen molar-refractivity contribution in [2.75, 3.05) is 12.3 Å². The fourth-order valence-electron chi connectivity index (χ4n) is 2.22. The zero-order valence-electron chi connectivity index (χ0n) is 9.74. The molecule has 0 atom stereocenters. The Bertz CT molecular complexity index is 397. The Labute approximate surface area is 105 Å². The quantitative estimate of drug-likeness (QED) is 0.769. The topological polar surface area (TPSA) is 75.4 Å². The number of nitrogen functional groups attached to an aromatic ring is 1. The number of carbonyl (C=O) groups excluding carboxylic acids is 1. The van der Waals surface area contributed by atoms with E-state index in [1.165, 1.54) is 17.8 Å². The van der Waals surface area contributed by atoms with Gasteiger partial charge in [0.25, 0.3) is 5.91 Å². The van der Waals surface area contributed by atoms with Crippen LogP contribution in [-0.2, 0) is 0 Å². The summed E-state index contributed by atoms with van der Waals surface area (Å²) < 4.78 is 0. The van der Waals surface area contributed by atoms with Crippen LogP contribution in [0.4, 0.5) is 5.69 Å². The highest BCUT2D eigenvalue weighted by atomic mass is 32.1. The number of nitrogens with two attached hydrogens (primary N) is 1. The summed E-state index contributed by atoms with van der Waals surface area (Å²) >= 11 is 1.32. The van der Waals surface area contributed by atoms with E-state index in [-0.39, 0.29) is 5.91 Å². The molecule has 1 amide bonds. The van der Waals surface area contributed by atoms with E-state index in [4.69, 9.17) is 5.73 Å². The normalized spacial score (nSPS) is 18.9. The molecule has 1 aromatic heterocycles. The minimum atomic E-state index is -0.722. The molecule has 1 aliphatic rings. The van der Waals surface area contributed by atoms with Gasteiger partial charge in [0.1, 0.15) is 4.88 Å². The fraction of sp³-hybridized carbons (Fsp3) is 0.583. The molecule has 0 bridgehead atoms. The molecule has 0 unspecified atom stereocenters. The molecule has 1 aromatic rings. The second-order valence-electron chi connectivity index (χ2n) is 4.67. The van der Waals surface area contributed by atoms with Crippen molar-refractivity contribution in [1.82, 2.24) is 5.32 Å². The van der Waals surface area contributed by atoms with Crippen LogP contribution in [0.25, 0.3) is 0 Å². The first-order chi connectivity index (χ1) is 8.11. The maximum absolute atomic E-state index is 11.8. The summed E-state index contributed by atoms with van der Waals surface area (Å²) in [7, 11) is 0. The summed E-state index contributed by atoms with van der Waals surface area (Å²) in [6.45, 7) is 0.323. The van der Waals surface area contributed by atoms with Crippen LogP contribution in [0.5, 0.6) is 0 Å². The minimum Gasteiger partial charge on any atom is -0.397 e. The molecular weight excluding hydrogens is 236 g/mol. The standard InChI is InChI=1S/C12H18N2O2S/c13-9-4-7-17-10(9)11(15)14-8-12(16)5-2-1-3-6-12/h4,7,16H,1-3,5-6,8,13H2,(H,14,15). The highest BCUT2D eigenvalue weighted by molar-refractivity contribution is 7.12. The minimum absolute atomic E-state index is 0.184. The van der Waals surface area contributed by atoms with Gasteiger partial charge in [-0.2, -0.15) is 0 Å². The number of thiophene rings is 1. The third-order valence-corrected chi connectivity index (χ3v) is 4.19. The molecule has 1 fully saturated rings. The molecule has 0 aromatic carbocycles. The molecule has 2 rings (SSSR count). The molecule has 5 heteroatoms. The van der Waals surface area contributed by atoms with Crippen molar-refractivity contribution in [2.24, 2.45) is 0 Å². The van der Waals surface area contributed by atoms with Gasteiger partial charge < -0.3 is 16.2 Å². The number of anilines is 1. The van der Waals surface area contributed by atoms with Crippen molar-refractivity contribution in [3.05, 3.63) is 16.3 Å². The number of nitrogens with one attached hydrogen (secondary N) is 1. The Morgan fingerprint density at radius 2 is 2.18 bits per heavy atom. The van der Waals surface area contributed by atoms with Gasteiger partial charge in [0, 0.05) is 6.54 Å². The summed E-state index contributed by atoms with van der Waals surface area (Å²) in [6, 6.07) is 1.72. The molecule has 1 saturated carbocycles. The molecule has 0 spiro atoms. The van der Waals surface area contributed by atoms with Crippen LogP contribution < -0.4 is 11.1 Å². The lowest BCUT2D eigenvalue weighted by molar-refractivity contribution is 0.00530. The van der Waals surface area contributed by atoms with Crippen LogP contribution in [0.15, 0.2) is 11.4 Å². The molecule has 1 aliphatic carbocycles. The van der Waals surface area contributed by atoms with Gasteiger partial charge in [-0.3, -0.25) is 4.79 Å². The van der Waals surface area contributed by atoms with Crippen molar-refractivity contribution in [1.29, 1.82) is 0 Å². The highest BCUT2D eigenvalue weighted by Crippen LogP contribution is 2.27. The maximum atomic E-state index is 11.8. The van der Waals surface area contributed by atoms with E-state index < -0.39 is 5.60 Å². The molecule has 4 N–H and O–H groups in total. The molecule has 1 heterocycles. The largest absolute Gasteiger partial charge is 0.397 e. The third kappa shape index (κ3) is 2.98. The zero-order chi connectivity index (χ0) is 12.3. The van der Waals surface area contributed by atoms with E-state index in [1.54, 1.807) is 11.4 Å². The zero-order valence-corrected chi connectivity index (χ0v) is 10.6. The number of rotatable bonds is 3. The van der Waals surface area contributed by atoms with E-state index in [0.717, 1.165) is 25.7 Å². The van der Waals surface area contributed by atoms with Crippen LogP contribution in [0.3, 0.4) is 0 Å². The Kier molecular flexibility index (Phi) is 3.69. The first-order valence-corrected chi connectivity index (χ1v) is 6.82. The molecule has 4 nitrogen and oxygen atoms in total. The van der Waals surface area contributed by atoms with Crippen LogP contribution in [0.2, 0.25) is 0 Å². The van der Waals surface area contributed by atoms with Crippen LogP contribution in [0, 0.1) is 0 Å². The van der Waals surface area contributed by atoms with Crippen LogP contribution in [0.1, 0.15) is 41.8 Å². The molecule has 0 radical (unpaired) electrons. The van der Waals surface area contributed by atoms with Crippen molar-refractivity contribution >= 4 is 22.9 Å². The van der Waals surface area contributed by atoms with Crippen molar-refractivity contribution in [2.45, 2.75) is 37.7 Å². The van der Waals surface area contributed by atoms with Crippen molar-refractivity contribution in [3.63, 3.8) is 0 Å². The van der Waals surface area contributed by atoms with E-state index in [9.17, 15) is 9.90 Å². The first kappa shape index (κ1) is 12.4. The van der Waals surface area contributed by atoms with Crippen molar-refractivity contribution < 1.29 is 9.90 Å². The predicted molar refractivity (Wildman–Crippen MR) is 69.1 cm³/mol. The van der Waals surface area contributed by atoms with E-state index in [0.29, 0.717) is 17.1 Å². The van der Waals surface area contributed by atoms with Gasteiger partial charge in [0.2, 0.25) is 0 Å². The summed E-state index contributed by atoms with van der Waals surface area (Å²) in [4.78, 5) is 12.4. The first-order valence-electron chi connectivity index (χ1n) is 5.94. The average molecular weight is 254 g/mol. The van der Waals surface area contributed by atoms with Crippen LogP contribution in [-0.4, -0.2) is 23.2 Å². The number of carbonyl (C=O) groups is 1. The van der Waals surface area contributed by atoms with Gasteiger partial charge in [-0.05, 0) is 24.3 Å². The second-order valence-corrected chi connectivity index (χ2v) is 5.59. The van der Waals surface area contributed by atoms with Gasteiger partial charge >= 0.3 is 0 Å². The van der Waals surface area contributed by atoms with E-state index in [1.807, 2.05) is 0 Å². The molecule has 0 saturated heterocycles. The molecule has 0 aliphatic heterocycles. The van der Waals surface area contributed by atoms with E-state index in [2.05, 4.69) is 5.32 Å². The lowest BCUT2D eigenvalue weighted by atomic mass is 9.85. The third-order valence-electron chi connectivity index (χ3n) is 3.26. The highest BCUT2D eigenvalue weighted by Gasteiger charge is 2.29. The van der Waals surface area contributed by atoms with Gasteiger partial charge in [0.05, 0.1) is 11.3 Å². The monoisotopic (exact) mass is 254 g/mol.